The minimum Gasteiger partial charge on any atom is -0.462 e. The molecule has 3 fully saturated rings. The smallest absolute Gasteiger partial charge is 0.407 e. The number of hydrogen-bond acceptors (Lipinski definition) is 5. The molecule has 1 amide bonds. The lowest BCUT2D eigenvalue weighted by Crippen LogP contribution is -2.60. The van der Waals surface area contributed by atoms with Gasteiger partial charge in [-0.25, -0.2) is 4.79 Å². The molecule has 2 N–H and O–H groups in total. The van der Waals surface area contributed by atoms with Gasteiger partial charge < -0.3 is 19.9 Å². The number of aliphatic hydroxyl groups is 1. The van der Waals surface area contributed by atoms with Gasteiger partial charge in [0, 0.05) is 17.4 Å². The van der Waals surface area contributed by atoms with Crippen molar-refractivity contribution in [2.45, 2.75) is 78.0 Å². The summed E-state index contributed by atoms with van der Waals surface area (Å²) in [6.45, 7) is 8.01. The Morgan fingerprint density at radius 2 is 2.08 bits per heavy atom. The molecule has 3 aliphatic rings. The van der Waals surface area contributed by atoms with Crippen LogP contribution in [0.1, 0.15) is 59.8 Å². The molecule has 0 aromatic carbocycles. The van der Waals surface area contributed by atoms with Gasteiger partial charge in [-0.3, -0.25) is 4.79 Å². The van der Waals surface area contributed by atoms with Crippen LogP contribution < -0.4 is 5.32 Å². The van der Waals surface area contributed by atoms with Crippen LogP contribution in [0.15, 0.2) is 0 Å². The zero-order chi connectivity index (χ0) is 18.4. The highest BCUT2D eigenvalue weighted by Gasteiger charge is 2.62. The van der Waals surface area contributed by atoms with Crippen LogP contribution in [0.25, 0.3) is 0 Å². The maximum atomic E-state index is 12.1. The van der Waals surface area contributed by atoms with Gasteiger partial charge in [0.25, 0.3) is 0 Å². The molecular formula is C19H31NO5. The van der Waals surface area contributed by atoms with Crippen LogP contribution in [-0.2, 0) is 14.3 Å². The number of fused-ring (bicyclic) bond motifs is 3. The van der Waals surface area contributed by atoms with Gasteiger partial charge in [-0.1, -0.05) is 13.8 Å². The van der Waals surface area contributed by atoms with Crippen LogP contribution in [0, 0.1) is 22.7 Å². The first-order chi connectivity index (χ1) is 11.7. The van der Waals surface area contributed by atoms with Gasteiger partial charge in [0.1, 0.15) is 12.2 Å². The monoisotopic (exact) mass is 353 g/mol. The summed E-state index contributed by atoms with van der Waals surface area (Å²) >= 11 is 0. The molecule has 2 saturated carbocycles. The predicted octanol–water partition coefficient (Wildman–Crippen LogP) is 2.63. The molecule has 6 atom stereocenters. The maximum Gasteiger partial charge on any atom is 0.407 e. The summed E-state index contributed by atoms with van der Waals surface area (Å²) in [5, 5.41) is 13.0. The fourth-order valence-corrected chi connectivity index (χ4v) is 5.69. The molecule has 2 aliphatic carbocycles. The fourth-order valence-electron chi connectivity index (χ4n) is 5.69. The first kappa shape index (κ1) is 18.5. The third-order valence-corrected chi connectivity index (χ3v) is 6.97. The lowest BCUT2D eigenvalue weighted by molar-refractivity contribution is -0.175. The van der Waals surface area contributed by atoms with Crippen molar-refractivity contribution in [2.75, 3.05) is 6.61 Å². The SMILES string of the molecule is CC(C)NC(=O)O[C@@H]1CC[C@]2(C)[C@@H](CC[C@H]3OC(=O)C[C@H]32)[C@]1(C)CO. The van der Waals surface area contributed by atoms with Crippen molar-refractivity contribution in [1.29, 1.82) is 0 Å². The molecule has 3 rings (SSSR count). The van der Waals surface area contributed by atoms with E-state index in [-0.39, 0.29) is 48.1 Å². The fraction of sp³-hybridized carbons (Fsp3) is 0.895. The highest BCUT2D eigenvalue weighted by atomic mass is 16.6. The number of esters is 1. The van der Waals surface area contributed by atoms with Gasteiger partial charge in [-0.15, -0.1) is 0 Å². The van der Waals surface area contributed by atoms with E-state index in [9.17, 15) is 14.7 Å². The summed E-state index contributed by atoms with van der Waals surface area (Å²) in [5.41, 5.74) is -0.571. The van der Waals surface area contributed by atoms with E-state index in [4.69, 9.17) is 9.47 Å². The number of nitrogens with one attached hydrogen (secondary N) is 1. The average molecular weight is 353 g/mol. The largest absolute Gasteiger partial charge is 0.462 e. The molecule has 25 heavy (non-hydrogen) atoms. The molecule has 0 spiro atoms. The summed E-state index contributed by atoms with van der Waals surface area (Å²) in [5.74, 6) is 0.304. The van der Waals surface area contributed by atoms with Gasteiger partial charge in [-0.2, -0.15) is 0 Å². The van der Waals surface area contributed by atoms with E-state index in [0.717, 1.165) is 19.3 Å². The lowest BCUT2D eigenvalue weighted by atomic mass is 9.46. The standard InChI is InChI=1S/C19H31NO5/c1-11(2)20-17(23)25-15-7-8-18(3)12-9-16(22)24-13(12)5-6-14(18)19(15,4)10-21/h11-15,21H,5-10H2,1-4H3,(H,20,23)/t12-,13-,14-,15-,18+,19+/m1/s1. The van der Waals surface area contributed by atoms with E-state index >= 15 is 0 Å². The van der Waals surface area contributed by atoms with Crippen molar-refractivity contribution in [3.8, 4) is 0 Å². The van der Waals surface area contributed by atoms with Crippen molar-refractivity contribution in [2.24, 2.45) is 22.7 Å². The number of hydrogen-bond donors (Lipinski definition) is 2. The Labute approximate surface area is 149 Å². The van der Waals surface area contributed by atoms with Gasteiger partial charge >= 0.3 is 12.1 Å². The molecular weight excluding hydrogens is 322 g/mol. The van der Waals surface area contributed by atoms with Crippen molar-refractivity contribution >= 4 is 12.1 Å². The zero-order valence-corrected chi connectivity index (χ0v) is 15.7. The minimum atomic E-state index is -0.502. The number of rotatable bonds is 3. The molecule has 0 aromatic rings. The Balaban J connectivity index is 1.82. The Morgan fingerprint density at radius 1 is 1.36 bits per heavy atom. The third-order valence-electron chi connectivity index (χ3n) is 6.97. The number of carbonyl (C=O) groups is 2. The molecule has 1 saturated heterocycles. The number of alkyl carbamates (subject to hydrolysis) is 1. The molecule has 1 heterocycles. The van der Waals surface area contributed by atoms with Crippen LogP contribution in [0.4, 0.5) is 4.79 Å². The molecule has 0 aromatic heterocycles. The molecule has 6 heteroatoms. The van der Waals surface area contributed by atoms with Crippen molar-refractivity contribution < 1.29 is 24.2 Å². The van der Waals surface area contributed by atoms with Gasteiger partial charge in [-0.05, 0) is 50.9 Å². The second kappa shape index (κ2) is 6.45. The van der Waals surface area contributed by atoms with E-state index in [0.29, 0.717) is 12.8 Å². The van der Waals surface area contributed by atoms with Gasteiger partial charge in [0.15, 0.2) is 0 Å². The van der Waals surface area contributed by atoms with E-state index in [1.807, 2.05) is 20.8 Å². The quantitative estimate of drug-likeness (QED) is 0.762. The van der Waals surface area contributed by atoms with Crippen LogP contribution in [0.3, 0.4) is 0 Å². The van der Waals surface area contributed by atoms with E-state index in [1.165, 1.54) is 0 Å². The summed E-state index contributed by atoms with van der Waals surface area (Å²) < 4.78 is 11.2. The maximum absolute atomic E-state index is 12.1. The van der Waals surface area contributed by atoms with Gasteiger partial charge in [0.2, 0.25) is 0 Å². The van der Waals surface area contributed by atoms with Crippen molar-refractivity contribution in [3.63, 3.8) is 0 Å². The van der Waals surface area contributed by atoms with E-state index in [1.54, 1.807) is 0 Å². The predicted molar refractivity (Wildman–Crippen MR) is 91.8 cm³/mol. The summed E-state index contributed by atoms with van der Waals surface area (Å²) in [6.07, 6.45) is 3.04. The van der Waals surface area contributed by atoms with Crippen LogP contribution in [0.5, 0.6) is 0 Å². The number of ether oxygens (including phenoxy) is 2. The van der Waals surface area contributed by atoms with E-state index < -0.39 is 11.5 Å². The number of amides is 1. The zero-order valence-electron chi connectivity index (χ0n) is 15.7. The first-order valence-corrected chi connectivity index (χ1v) is 9.48. The molecule has 0 unspecified atom stereocenters. The first-order valence-electron chi connectivity index (χ1n) is 9.48. The van der Waals surface area contributed by atoms with Crippen LogP contribution >= 0.6 is 0 Å². The Bertz CT molecular complexity index is 550. The Morgan fingerprint density at radius 3 is 2.72 bits per heavy atom. The Hall–Kier alpha value is -1.30. The van der Waals surface area contributed by atoms with Gasteiger partial charge in [0.05, 0.1) is 13.0 Å². The van der Waals surface area contributed by atoms with Crippen molar-refractivity contribution in [3.05, 3.63) is 0 Å². The Kier molecular flexibility index (Phi) is 4.77. The molecule has 1 aliphatic heterocycles. The van der Waals surface area contributed by atoms with Crippen LogP contribution in [-0.4, -0.2) is 42.0 Å². The summed E-state index contributed by atoms with van der Waals surface area (Å²) in [7, 11) is 0. The average Bonchev–Trinajstić information content (AvgIpc) is 2.91. The normalized spacial score (nSPS) is 43.2. The minimum absolute atomic E-state index is 0.0124. The summed E-state index contributed by atoms with van der Waals surface area (Å²) in [6, 6.07) is 0.0128. The van der Waals surface area contributed by atoms with Crippen LogP contribution in [0.2, 0.25) is 0 Å². The number of aliphatic hydroxyl groups excluding tert-OH is 1. The second-order valence-corrected chi connectivity index (χ2v) is 8.87. The highest BCUT2D eigenvalue weighted by Crippen LogP contribution is 2.62. The molecule has 6 nitrogen and oxygen atoms in total. The summed E-state index contributed by atoms with van der Waals surface area (Å²) in [4.78, 5) is 23.9. The molecule has 0 radical (unpaired) electrons. The molecule has 0 bridgehead atoms. The topological polar surface area (TPSA) is 84.9 Å². The lowest BCUT2D eigenvalue weighted by Gasteiger charge is -2.59. The molecule has 142 valence electrons. The van der Waals surface area contributed by atoms with Crippen molar-refractivity contribution in [1.82, 2.24) is 5.32 Å². The number of carbonyl (C=O) groups excluding carboxylic acids is 2. The third kappa shape index (κ3) is 3.03. The van der Waals surface area contributed by atoms with E-state index in [2.05, 4.69) is 12.2 Å². The highest BCUT2D eigenvalue weighted by molar-refractivity contribution is 5.72. The second-order valence-electron chi connectivity index (χ2n) is 8.87.